The normalized spacial score (nSPS) is 12.5. The lowest BCUT2D eigenvalue weighted by atomic mass is 10.1. The summed E-state index contributed by atoms with van der Waals surface area (Å²) in [6, 6.07) is 2.58. The Morgan fingerprint density at radius 2 is 1.88 bits per heavy atom. The van der Waals surface area contributed by atoms with Crippen LogP contribution >= 0.6 is 0 Å². The van der Waals surface area contributed by atoms with Gasteiger partial charge < -0.3 is 4.18 Å². The van der Waals surface area contributed by atoms with Crippen LogP contribution in [0.3, 0.4) is 0 Å². The van der Waals surface area contributed by atoms with E-state index in [-0.39, 0.29) is 12.0 Å². The van der Waals surface area contributed by atoms with Crippen molar-refractivity contribution >= 4 is 10.1 Å². The van der Waals surface area contributed by atoms with Crippen molar-refractivity contribution in [2.45, 2.75) is 18.9 Å². The molecule has 96 valence electrons. The third kappa shape index (κ3) is 3.09. The molecular weight excluding hydrogens is 264 g/mol. The molecule has 0 N–H and O–H groups in total. The van der Waals surface area contributed by atoms with Crippen molar-refractivity contribution in [2.24, 2.45) is 0 Å². The summed E-state index contributed by atoms with van der Waals surface area (Å²) in [6.45, 7) is 1.53. The summed E-state index contributed by atoms with van der Waals surface area (Å²) in [5, 5.41) is 0. The van der Waals surface area contributed by atoms with E-state index in [4.69, 9.17) is 0 Å². The number of alkyl halides is 3. The van der Waals surface area contributed by atoms with Gasteiger partial charge in [0.2, 0.25) is 0 Å². The van der Waals surface area contributed by atoms with Crippen LogP contribution in [0.5, 0.6) is 5.75 Å². The Balaban J connectivity index is 3.13. The molecule has 0 saturated heterocycles. The average molecular weight is 272 g/mol. The van der Waals surface area contributed by atoms with E-state index in [0.29, 0.717) is 0 Å². The van der Waals surface area contributed by atoms with E-state index in [1.807, 2.05) is 0 Å². The highest BCUT2D eigenvalue weighted by atomic mass is 32.2. The summed E-state index contributed by atoms with van der Waals surface area (Å²) >= 11 is 0. The van der Waals surface area contributed by atoms with Crippen LogP contribution in [0.4, 0.5) is 17.6 Å². The third-order valence-electron chi connectivity index (χ3n) is 1.89. The Labute approximate surface area is 95.1 Å². The minimum Gasteiger partial charge on any atom is -0.376 e. The first-order chi connectivity index (χ1) is 7.67. The number of hydrogen-bond acceptors (Lipinski definition) is 3. The van der Waals surface area contributed by atoms with Gasteiger partial charge in [-0.1, -0.05) is 6.92 Å². The summed E-state index contributed by atoms with van der Waals surface area (Å²) in [5.41, 5.74) is -5.47. The Bertz CT molecular complexity index is 507. The molecule has 0 fully saturated rings. The summed E-state index contributed by atoms with van der Waals surface area (Å²) in [5.74, 6) is -1.20. The lowest BCUT2D eigenvalue weighted by Crippen LogP contribution is -2.28. The van der Waals surface area contributed by atoms with Crippen molar-refractivity contribution in [1.29, 1.82) is 0 Å². The standard InChI is InChI=1S/C9H8F4O3S/c1-2-6-5-7(10)3-4-8(6)16-17(14,15)9(11,12)13/h3-5H,2H2,1H3. The van der Waals surface area contributed by atoms with Gasteiger partial charge in [-0.3, -0.25) is 0 Å². The summed E-state index contributed by atoms with van der Waals surface area (Å²) in [7, 11) is -5.72. The van der Waals surface area contributed by atoms with Crippen molar-refractivity contribution in [3.8, 4) is 5.75 Å². The second-order valence-corrected chi connectivity index (χ2v) is 4.63. The largest absolute Gasteiger partial charge is 0.534 e. The molecule has 0 aliphatic rings. The van der Waals surface area contributed by atoms with E-state index in [1.54, 1.807) is 0 Å². The molecule has 0 radical (unpaired) electrons. The van der Waals surface area contributed by atoms with Crippen molar-refractivity contribution in [1.82, 2.24) is 0 Å². The van der Waals surface area contributed by atoms with Crippen molar-refractivity contribution in [3.05, 3.63) is 29.6 Å². The van der Waals surface area contributed by atoms with E-state index in [9.17, 15) is 26.0 Å². The fraction of sp³-hybridized carbons (Fsp3) is 0.333. The first kappa shape index (κ1) is 13.8. The molecule has 0 aliphatic heterocycles. The first-order valence-electron chi connectivity index (χ1n) is 4.46. The molecule has 0 spiro atoms. The molecule has 0 atom stereocenters. The molecule has 0 aliphatic carbocycles. The van der Waals surface area contributed by atoms with Gasteiger partial charge in [-0.25, -0.2) is 4.39 Å². The van der Waals surface area contributed by atoms with Crippen LogP contribution in [0.1, 0.15) is 12.5 Å². The Morgan fingerprint density at radius 3 is 2.35 bits per heavy atom. The monoisotopic (exact) mass is 272 g/mol. The van der Waals surface area contributed by atoms with E-state index >= 15 is 0 Å². The van der Waals surface area contributed by atoms with Gasteiger partial charge in [0, 0.05) is 0 Å². The zero-order valence-electron chi connectivity index (χ0n) is 8.58. The maximum atomic E-state index is 12.8. The van der Waals surface area contributed by atoms with Crippen LogP contribution in [0.2, 0.25) is 0 Å². The van der Waals surface area contributed by atoms with E-state index in [2.05, 4.69) is 4.18 Å². The Morgan fingerprint density at radius 1 is 1.29 bits per heavy atom. The number of halogens is 4. The molecule has 0 unspecified atom stereocenters. The van der Waals surface area contributed by atoms with Gasteiger partial charge in [0.15, 0.2) is 0 Å². The van der Waals surface area contributed by atoms with Crippen molar-refractivity contribution in [3.63, 3.8) is 0 Å². The molecule has 1 aromatic rings. The van der Waals surface area contributed by atoms with Gasteiger partial charge in [-0.15, -0.1) is 0 Å². The molecule has 1 rings (SSSR count). The summed E-state index contributed by atoms with van der Waals surface area (Å²) in [6.07, 6.45) is 0.139. The van der Waals surface area contributed by atoms with Crippen molar-refractivity contribution < 1.29 is 30.2 Å². The molecular formula is C9H8F4O3S. The molecule has 0 amide bonds. The molecule has 3 nitrogen and oxygen atoms in total. The molecule has 0 heterocycles. The SMILES string of the molecule is CCc1cc(F)ccc1OS(=O)(=O)C(F)(F)F. The van der Waals surface area contributed by atoms with E-state index in [1.165, 1.54) is 6.92 Å². The lowest BCUT2D eigenvalue weighted by Gasteiger charge is -2.12. The molecule has 1 aromatic carbocycles. The number of rotatable bonds is 3. The molecule has 8 heteroatoms. The first-order valence-corrected chi connectivity index (χ1v) is 5.87. The zero-order chi connectivity index (χ0) is 13.3. The Hall–Kier alpha value is -1.31. The molecule has 0 aromatic heterocycles. The second-order valence-electron chi connectivity index (χ2n) is 3.09. The maximum absolute atomic E-state index is 12.8. The minimum absolute atomic E-state index is 0.0397. The van der Waals surface area contributed by atoms with Gasteiger partial charge >= 0.3 is 15.6 Å². The van der Waals surface area contributed by atoms with Crippen LogP contribution in [0.25, 0.3) is 0 Å². The minimum atomic E-state index is -5.72. The quantitative estimate of drug-likeness (QED) is 0.482. The van der Waals surface area contributed by atoms with Crippen LogP contribution in [-0.2, 0) is 16.5 Å². The number of benzene rings is 1. The fourth-order valence-corrected chi connectivity index (χ4v) is 1.56. The van der Waals surface area contributed by atoms with Crippen LogP contribution < -0.4 is 4.18 Å². The predicted molar refractivity (Wildman–Crippen MR) is 51.4 cm³/mol. The van der Waals surface area contributed by atoms with Gasteiger partial charge in [0.05, 0.1) is 0 Å². The fourth-order valence-electron chi connectivity index (χ4n) is 1.07. The maximum Gasteiger partial charge on any atom is 0.534 e. The van der Waals surface area contributed by atoms with E-state index in [0.717, 1.165) is 18.2 Å². The van der Waals surface area contributed by atoms with Crippen molar-refractivity contribution in [2.75, 3.05) is 0 Å². The van der Waals surface area contributed by atoms with Gasteiger partial charge in [0.1, 0.15) is 11.6 Å². The van der Waals surface area contributed by atoms with Crippen LogP contribution in [0, 0.1) is 5.82 Å². The summed E-state index contributed by atoms with van der Waals surface area (Å²) < 4.78 is 74.3. The third-order valence-corrected chi connectivity index (χ3v) is 2.85. The van der Waals surface area contributed by atoms with Crippen LogP contribution in [0.15, 0.2) is 18.2 Å². The smallest absolute Gasteiger partial charge is 0.376 e. The van der Waals surface area contributed by atoms with E-state index < -0.39 is 27.2 Å². The molecule has 17 heavy (non-hydrogen) atoms. The Kier molecular flexibility index (Phi) is 3.65. The van der Waals surface area contributed by atoms with Crippen LogP contribution in [-0.4, -0.2) is 13.9 Å². The lowest BCUT2D eigenvalue weighted by molar-refractivity contribution is -0.0500. The highest BCUT2D eigenvalue weighted by Gasteiger charge is 2.48. The van der Waals surface area contributed by atoms with Gasteiger partial charge in [-0.05, 0) is 30.2 Å². The highest BCUT2D eigenvalue weighted by molar-refractivity contribution is 7.88. The second kappa shape index (κ2) is 4.52. The van der Waals surface area contributed by atoms with Gasteiger partial charge in [-0.2, -0.15) is 21.6 Å². The molecule has 0 saturated carbocycles. The van der Waals surface area contributed by atoms with Gasteiger partial charge in [0.25, 0.3) is 0 Å². The highest BCUT2D eigenvalue weighted by Crippen LogP contribution is 2.29. The number of hydrogen-bond donors (Lipinski definition) is 0. The predicted octanol–water partition coefficient (Wildman–Crippen LogP) is 2.62. The topological polar surface area (TPSA) is 43.4 Å². The summed E-state index contributed by atoms with van der Waals surface area (Å²) in [4.78, 5) is 0. The molecule has 0 bridgehead atoms. The zero-order valence-corrected chi connectivity index (χ0v) is 9.40. The average Bonchev–Trinajstić information content (AvgIpc) is 2.18. The number of aryl methyl sites for hydroxylation is 1.